The summed E-state index contributed by atoms with van der Waals surface area (Å²) in [7, 11) is 0. The molecule has 0 bridgehead atoms. The lowest BCUT2D eigenvalue weighted by molar-refractivity contribution is -0.385. The molecule has 96 valence electrons. The van der Waals surface area contributed by atoms with Crippen molar-refractivity contribution < 1.29 is 9.66 Å². The highest BCUT2D eigenvalue weighted by atomic mass is 127. The van der Waals surface area contributed by atoms with Gasteiger partial charge in [-0.25, -0.2) is 0 Å². The van der Waals surface area contributed by atoms with Crippen molar-refractivity contribution in [3.05, 3.63) is 29.4 Å². The molecule has 0 aliphatic heterocycles. The van der Waals surface area contributed by atoms with E-state index in [1.807, 2.05) is 52.1 Å². The van der Waals surface area contributed by atoms with Gasteiger partial charge in [-0.05, 0) is 52.1 Å². The third-order valence-corrected chi connectivity index (χ3v) is 3.29. The third-order valence-electron chi connectivity index (χ3n) is 1.68. The van der Waals surface area contributed by atoms with E-state index in [1.165, 1.54) is 12.1 Å². The number of halogens is 3. The van der Waals surface area contributed by atoms with E-state index in [0.29, 0.717) is 12.4 Å². The van der Waals surface area contributed by atoms with E-state index in [-0.39, 0.29) is 24.1 Å². The van der Waals surface area contributed by atoms with Gasteiger partial charge in [0.2, 0.25) is 0 Å². The highest BCUT2D eigenvalue weighted by Gasteiger charge is 2.15. The van der Waals surface area contributed by atoms with Gasteiger partial charge in [-0.1, -0.05) is 0 Å². The number of ether oxygens (including phenoxy) is 1. The van der Waals surface area contributed by atoms with Gasteiger partial charge < -0.3 is 10.5 Å². The molecule has 1 rings (SSSR count). The summed E-state index contributed by atoms with van der Waals surface area (Å²) in [6.45, 7) is 2.23. The molecule has 0 radical (unpaired) electrons. The second-order valence-electron chi connectivity index (χ2n) is 3.28. The van der Waals surface area contributed by atoms with Crippen LogP contribution in [0, 0.1) is 17.3 Å². The van der Waals surface area contributed by atoms with Crippen molar-refractivity contribution in [3.8, 4) is 5.75 Å². The second kappa shape index (κ2) is 7.54. The maximum absolute atomic E-state index is 10.6. The van der Waals surface area contributed by atoms with Gasteiger partial charge >= 0.3 is 0 Å². The van der Waals surface area contributed by atoms with Gasteiger partial charge in [0.1, 0.15) is 12.4 Å². The van der Waals surface area contributed by atoms with Crippen molar-refractivity contribution in [1.29, 1.82) is 0 Å². The van der Waals surface area contributed by atoms with Crippen molar-refractivity contribution in [2.45, 2.75) is 13.0 Å². The number of hydrogen-bond donors (Lipinski definition) is 1. The van der Waals surface area contributed by atoms with E-state index in [1.54, 1.807) is 0 Å². The molecule has 0 saturated heterocycles. The Bertz CT molecular complexity index is 392. The Morgan fingerprint density at radius 3 is 2.29 bits per heavy atom. The predicted octanol–water partition coefficient (Wildman–Crippen LogP) is 2.95. The van der Waals surface area contributed by atoms with E-state index in [9.17, 15) is 10.1 Å². The predicted molar refractivity (Wildman–Crippen MR) is 84.9 cm³/mol. The minimum Gasteiger partial charge on any atom is -0.490 e. The molecule has 0 spiro atoms. The van der Waals surface area contributed by atoms with Gasteiger partial charge in [0, 0.05) is 18.2 Å². The number of hydrogen-bond acceptors (Lipinski definition) is 4. The molecule has 17 heavy (non-hydrogen) atoms. The molecule has 1 aromatic rings. The lowest BCUT2D eigenvalue weighted by Gasteiger charge is -2.11. The Morgan fingerprint density at radius 2 is 1.94 bits per heavy atom. The SMILES string of the molecule is CC(N)COc1c(I)cc([N+](=O)[O-])cc1I.Cl. The highest BCUT2D eigenvalue weighted by molar-refractivity contribution is 14.1. The van der Waals surface area contributed by atoms with Crippen LogP contribution < -0.4 is 10.5 Å². The van der Waals surface area contributed by atoms with Crippen LogP contribution in [-0.4, -0.2) is 17.6 Å². The van der Waals surface area contributed by atoms with Crippen molar-refractivity contribution in [3.63, 3.8) is 0 Å². The monoisotopic (exact) mass is 484 g/mol. The van der Waals surface area contributed by atoms with E-state index in [2.05, 4.69) is 0 Å². The lowest BCUT2D eigenvalue weighted by atomic mass is 10.3. The Hall–Kier alpha value is 0.130. The molecule has 2 N–H and O–H groups in total. The summed E-state index contributed by atoms with van der Waals surface area (Å²) in [5.74, 6) is 0.657. The summed E-state index contributed by atoms with van der Waals surface area (Å²) in [5.41, 5.74) is 5.65. The lowest BCUT2D eigenvalue weighted by Crippen LogP contribution is -2.24. The molecule has 0 heterocycles. The molecule has 8 heteroatoms. The van der Waals surface area contributed by atoms with Crippen LogP contribution in [0.25, 0.3) is 0 Å². The fraction of sp³-hybridized carbons (Fsp3) is 0.333. The minimum atomic E-state index is -0.417. The zero-order valence-corrected chi connectivity index (χ0v) is 14.0. The van der Waals surface area contributed by atoms with Crippen LogP contribution >= 0.6 is 57.6 Å². The number of benzene rings is 1. The molecule has 1 atom stereocenters. The van der Waals surface area contributed by atoms with Crippen LogP contribution in [0.15, 0.2) is 12.1 Å². The van der Waals surface area contributed by atoms with Crippen LogP contribution in [0.3, 0.4) is 0 Å². The molecular weight excluding hydrogens is 473 g/mol. The molecule has 1 aromatic carbocycles. The first-order valence-electron chi connectivity index (χ1n) is 4.43. The smallest absolute Gasteiger partial charge is 0.271 e. The Kier molecular flexibility index (Phi) is 7.60. The van der Waals surface area contributed by atoms with Gasteiger partial charge in [-0.15, -0.1) is 12.4 Å². The van der Waals surface area contributed by atoms with Crippen molar-refractivity contribution in [2.24, 2.45) is 5.73 Å². The Morgan fingerprint density at radius 1 is 1.47 bits per heavy atom. The molecule has 0 amide bonds. The summed E-state index contributed by atoms with van der Waals surface area (Å²) in [5, 5.41) is 10.6. The largest absolute Gasteiger partial charge is 0.490 e. The van der Waals surface area contributed by atoms with Crippen molar-refractivity contribution in [1.82, 2.24) is 0 Å². The standard InChI is InChI=1S/C9H10I2N2O3.ClH/c1-5(12)4-16-9-7(10)2-6(13(14)15)3-8(9)11;/h2-3,5H,4,12H2,1H3;1H. The third kappa shape index (κ3) is 5.10. The number of nitrogens with two attached hydrogens (primary N) is 1. The van der Waals surface area contributed by atoms with Crippen LogP contribution in [0.5, 0.6) is 5.75 Å². The van der Waals surface area contributed by atoms with Gasteiger partial charge in [0.25, 0.3) is 5.69 Å². The quantitative estimate of drug-likeness (QED) is 0.405. The maximum atomic E-state index is 10.6. The van der Waals surface area contributed by atoms with E-state index >= 15 is 0 Å². The van der Waals surface area contributed by atoms with E-state index in [0.717, 1.165) is 7.14 Å². The molecule has 0 saturated carbocycles. The summed E-state index contributed by atoms with van der Waals surface area (Å²) in [4.78, 5) is 10.2. The molecule has 0 aromatic heterocycles. The minimum absolute atomic E-state index is 0. The second-order valence-corrected chi connectivity index (χ2v) is 5.61. The van der Waals surface area contributed by atoms with Crippen molar-refractivity contribution >= 4 is 63.3 Å². The number of rotatable bonds is 4. The van der Waals surface area contributed by atoms with Gasteiger partial charge in [-0.3, -0.25) is 10.1 Å². The fourth-order valence-corrected chi connectivity index (χ4v) is 3.05. The van der Waals surface area contributed by atoms with E-state index < -0.39 is 4.92 Å². The molecule has 1 unspecified atom stereocenters. The van der Waals surface area contributed by atoms with Crippen LogP contribution in [0.1, 0.15) is 6.92 Å². The summed E-state index contributed by atoms with van der Waals surface area (Å²) in [6.07, 6.45) is 0. The molecule has 0 fully saturated rings. The van der Waals surface area contributed by atoms with Crippen LogP contribution in [0.4, 0.5) is 5.69 Å². The van der Waals surface area contributed by atoms with Gasteiger partial charge in [-0.2, -0.15) is 0 Å². The first kappa shape index (κ1) is 17.1. The Labute approximate surface area is 132 Å². The van der Waals surface area contributed by atoms with Crippen LogP contribution in [-0.2, 0) is 0 Å². The number of non-ortho nitro benzene ring substituents is 1. The zero-order valence-electron chi connectivity index (χ0n) is 8.85. The molecule has 0 aliphatic rings. The number of nitro benzene ring substituents is 1. The Balaban J connectivity index is 0.00000256. The normalized spacial score (nSPS) is 11.5. The first-order chi connectivity index (χ1) is 7.41. The average molecular weight is 484 g/mol. The average Bonchev–Trinajstić information content (AvgIpc) is 2.15. The van der Waals surface area contributed by atoms with Crippen molar-refractivity contribution in [2.75, 3.05) is 6.61 Å². The molecule has 0 aliphatic carbocycles. The maximum Gasteiger partial charge on any atom is 0.271 e. The zero-order chi connectivity index (χ0) is 12.3. The van der Waals surface area contributed by atoms with Gasteiger partial charge in [0.15, 0.2) is 0 Å². The summed E-state index contributed by atoms with van der Waals surface area (Å²) >= 11 is 4.03. The molecular formula is C9H11ClI2N2O3. The summed E-state index contributed by atoms with van der Waals surface area (Å²) in [6, 6.07) is 2.90. The topological polar surface area (TPSA) is 78.4 Å². The van der Waals surface area contributed by atoms with Crippen LogP contribution in [0.2, 0.25) is 0 Å². The van der Waals surface area contributed by atoms with Gasteiger partial charge in [0.05, 0.1) is 12.1 Å². The highest BCUT2D eigenvalue weighted by Crippen LogP contribution is 2.31. The van der Waals surface area contributed by atoms with E-state index in [4.69, 9.17) is 10.5 Å². The number of nitro groups is 1. The first-order valence-corrected chi connectivity index (χ1v) is 6.59. The molecule has 5 nitrogen and oxygen atoms in total. The summed E-state index contributed by atoms with van der Waals surface area (Å²) < 4.78 is 6.94. The number of nitrogens with zero attached hydrogens (tertiary/aromatic N) is 1. The fourth-order valence-electron chi connectivity index (χ4n) is 1.00.